The molecule has 3 rings (SSSR count). The summed E-state index contributed by atoms with van der Waals surface area (Å²) in [7, 11) is 5.28. The second-order valence-electron chi connectivity index (χ2n) is 6.94. The number of anilines is 1. The third-order valence-electron chi connectivity index (χ3n) is 4.70. The summed E-state index contributed by atoms with van der Waals surface area (Å²) in [6, 6.07) is 3.62. The Hall–Kier alpha value is -2.90. The minimum absolute atomic E-state index is 0.0831. The van der Waals surface area contributed by atoms with Gasteiger partial charge in [0.1, 0.15) is 5.82 Å². The number of pyridine rings is 1. The van der Waals surface area contributed by atoms with E-state index in [1.807, 2.05) is 13.1 Å². The van der Waals surface area contributed by atoms with Crippen molar-refractivity contribution >= 4 is 17.7 Å². The smallest absolute Gasteiger partial charge is 0.359 e. The summed E-state index contributed by atoms with van der Waals surface area (Å²) < 4.78 is 6.93. The molecule has 0 spiro atoms. The van der Waals surface area contributed by atoms with Gasteiger partial charge >= 0.3 is 5.97 Å². The van der Waals surface area contributed by atoms with Crippen LogP contribution in [0.3, 0.4) is 0 Å². The van der Waals surface area contributed by atoms with Gasteiger partial charge in [0.15, 0.2) is 5.69 Å². The molecule has 0 unspecified atom stereocenters. The van der Waals surface area contributed by atoms with Gasteiger partial charge in [-0.15, -0.1) is 0 Å². The van der Waals surface area contributed by atoms with Crippen LogP contribution in [0.2, 0.25) is 0 Å². The van der Waals surface area contributed by atoms with Gasteiger partial charge in [-0.25, -0.2) is 9.78 Å². The van der Waals surface area contributed by atoms with Crippen LogP contribution < -0.4 is 4.90 Å². The van der Waals surface area contributed by atoms with Crippen LogP contribution in [0, 0.1) is 0 Å². The minimum atomic E-state index is -0.400. The van der Waals surface area contributed by atoms with Crippen molar-refractivity contribution in [2.75, 3.05) is 32.1 Å². The van der Waals surface area contributed by atoms with Crippen molar-refractivity contribution in [1.29, 1.82) is 0 Å². The molecule has 1 aliphatic heterocycles. The van der Waals surface area contributed by atoms with Gasteiger partial charge in [0.25, 0.3) is 5.91 Å². The number of nitrogens with zero attached hydrogens (tertiary/aromatic N) is 5. The van der Waals surface area contributed by atoms with Gasteiger partial charge in [0.05, 0.1) is 12.2 Å². The molecule has 0 bridgehead atoms. The highest BCUT2D eigenvalue weighted by Gasteiger charge is 2.32. The number of amides is 1. The quantitative estimate of drug-likeness (QED) is 0.763. The van der Waals surface area contributed by atoms with Crippen LogP contribution >= 0.6 is 0 Å². The maximum atomic E-state index is 12.3. The Morgan fingerprint density at radius 3 is 2.67 bits per heavy atom. The first kappa shape index (κ1) is 18.9. The summed E-state index contributed by atoms with van der Waals surface area (Å²) in [5.41, 5.74) is 2.84. The SMILES string of the molecule is CCOC(=O)c1nn(C)c2c1CN(c1ccc(C(=O)N(C)C)cn1)C[C@H]2C. The third-order valence-corrected chi connectivity index (χ3v) is 4.70. The number of carbonyl (C=O) groups is 2. The van der Waals surface area contributed by atoms with Crippen molar-refractivity contribution in [3.05, 3.63) is 40.8 Å². The number of aromatic nitrogens is 3. The van der Waals surface area contributed by atoms with Crippen molar-refractivity contribution in [2.45, 2.75) is 26.3 Å². The van der Waals surface area contributed by atoms with Gasteiger partial charge in [-0.05, 0) is 19.1 Å². The second-order valence-corrected chi connectivity index (χ2v) is 6.94. The zero-order chi connectivity index (χ0) is 19.7. The van der Waals surface area contributed by atoms with E-state index in [0.717, 1.165) is 23.6 Å². The zero-order valence-electron chi connectivity index (χ0n) is 16.4. The highest BCUT2D eigenvalue weighted by atomic mass is 16.5. The summed E-state index contributed by atoms with van der Waals surface area (Å²) in [6.45, 7) is 5.47. The first-order chi connectivity index (χ1) is 12.8. The van der Waals surface area contributed by atoms with Crippen LogP contribution in [0.25, 0.3) is 0 Å². The molecule has 8 nitrogen and oxygen atoms in total. The van der Waals surface area contributed by atoms with Crippen LogP contribution in [-0.2, 0) is 18.3 Å². The van der Waals surface area contributed by atoms with E-state index in [4.69, 9.17) is 4.74 Å². The van der Waals surface area contributed by atoms with E-state index in [0.29, 0.717) is 24.4 Å². The van der Waals surface area contributed by atoms with Crippen LogP contribution in [0.1, 0.15) is 51.9 Å². The lowest BCUT2D eigenvalue weighted by Gasteiger charge is -2.32. The molecule has 0 N–H and O–H groups in total. The average molecular weight is 371 g/mol. The molecule has 0 radical (unpaired) electrons. The molecule has 3 heterocycles. The van der Waals surface area contributed by atoms with Crippen molar-refractivity contribution in [3.8, 4) is 0 Å². The third kappa shape index (κ3) is 3.51. The second kappa shape index (κ2) is 7.38. The lowest BCUT2D eigenvalue weighted by atomic mass is 9.96. The summed E-state index contributed by atoms with van der Waals surface area (Å²) in [5, 5.41) is 4.39. The van der Waals surface area contributed by atoms with Gasteiger partial charge in [-0.3, -0.25) is 9.48 Å². The van der Waals surface area contributed by atoms with Gasteiger partial charge in [0.2, 0.25) is 0 Å². The fraction of sp³-hybridized carbons (Fsp3) is 0.474. The number of aryl methyl sites for hydroxylation is 1. The molecule has 8 heteroatoms. The fourth-order valence-corrected chi connectivity index (χ4v) is 3.52. The number of hydrogen-bond donors (Lipinski definition) is 0. The van der Waals surface area contributed by atoms with Crippen LogP contribution in [0.4, 0.5) is 5.82 Å². The molecule has 144 valence electrons. The monoisotopic (exact) mass is 371 g/mol. The highest BCUT2D eigenvalue weighted by Crippen LogP contribution is 2.32. The van der Waals surface area contributed by atoms with Crippen molar-refractivity contribution in [1.82, 2.24) is 19.7 Å². The normalized spacial score (nSPS) is 16.0. The summed E-state index contributed by atoms with van der Waals surface area (Å²) in [4.78, 5) is 32.4. The Bertz CT molecular complexity index is 857. The van der Waals surface area contributed by atoms with E-state index in [1.165, 1.54) is 4.90 Å². The van der Waals surface area contributed by atoms with Crippen LogP contribution in [0.5, 0.6) is 0 Å². The van der Waals surface area contributed by atoms with E-state index in [2.05, 4.69) is 21.9 Å². The minimum Gasteiger partial charge on any atom is -0.461 e. The maximum absolute atomic E-state index is 12.3. The highest BCUT2D eigenvalue weighted by molar-refractivity contribution is 5.93. The molecule has 0 aromatic carbocycles. The molecule has 0 fully saturated rings. The Morgan fingerprint density at radius 2 is 2.07 bits per heavy atom. The molecule has 0 aliphatic carbocycles. The number of ether oxygens (including phenoxy) is 1. The predicted molar refractivity (Wildman–Crippen MR) is 101 cm³/mol. The standard InChI is InChI=1S/C19H25N5O3/c1-6-27-19(26)16-14-11-24(10-12(2)17(14)23(5)21-16)15-8-7-13(9-20-15)18(25)22(3)4/h7-9,12H,6,10-11H2,1-5H3/t12-/m1/s1. The molecule has 27 heavy (non-hydrogen) atoms. The number of carbonyl (C=O) groups excluding carboxylic acids is 2. The van der Waals surface area contributed by atoms with E-state index in [9.17, 15) is 9.59 Å². The molecule has 1 atom stereocenters. The Morgan fingerprint density at radius 1 is 1.33 bits per heavy atom. The zero-order valence-corrected chi connectivity index (χ0v) is 16.4. The van der Waals surface area contributed by atoms with Gasteiger partial charge < -0.3 is 14.5 Å². The number of rotatable bonds is 4. The molecule has 2 aromatic heterocycles. The molecule has 1 amide bonds. The molecular formula is C19H25N5O3. The summed E-state index contributed by atoms with van der Waals surface area (Å²) >= 11 is 0. The lowest BCUT2D eigenvalue weighted by molar-refractivity contribution is 0.0517. The number of fused-ring (bicyclic) bond motifs is 1. The number of hydrogen-bond acceptors (Lipinski definition) is 6. The van der Waals surface area contributed by atoms with Crippen LogP contribution in [0.15, 0.2) is 18.3 Å². The van der Waals surface area contributed by atoms with E-state index in [1.54, 1.807) is 38.0 Å². The fourth-order valence-electron chi connectivity index (χ4n) is 3.52. The Labute approximate surface area is 158 Å². The molecule has 1 aliphatic rings. The average Bonchev–Trinajstić information content (AvgIpc) is 2.98. The number of esters is 1. The molecule has 2 aromatic rings. The van der Waals surface area contributed by atoms with E-state index in [-0.39, 0.29) is 11.8 Å². The van der Waals surface area contributed by atoms with Crippen LogP contribution in [-0.4, -0.2) is 58.8 Å². The molecule has 0 saturated carbocycles. The summed E-state index contributed by atoms with van der Waals surface area (Å²) in [6.07, 6.45) is 1.59. The Kier molecular flexibility index (Phi) is 5.16. The Balaban J connectivity index is 1.90. The lowest BCUT2D eigenvalue weighted by Crippen LogP contribution is -2.34. The molecule has 0 saturated heterocycles. The first-order valence-corrected chi connectivity index (χ1v) is 8.99. The maximum Gasteiger partial charge on any atom is 0.359 e. The van der Waals surface area contributed by atoms with Crippen molar-refractivity contribution in [3.63, 3.8) is 0 Å². The topological polar surface area (TPSA) is 80.6 Å². The molecular weight excluding hydrogens is 346 g/mol. The van der Waals surface area contributed by atoms with Crippen molar-refractivity contribution < 1.29 is 14.3 Å². The predicted octanol–water partition coefficient (Wildman–Crippen LogP) is 1.82. The first-order valence-electron chi connectivity index (χ1n) is 8.99. The van der Waals surface area contributed by atoms with Gasteiger partial charge in [-0.1, -0.05) is 6.92 Å². The summed E-state index contributed by atoms with van der Waals surface area (Å²) in [5.74, 6) is 0.462. The largest absolute Gasteiger partial charge is 0.461 e. The van der Waals surface area contributed by atoms with E-state index >= 15 is 0 Å². The van der Waals surface area contributed by atoms with E-state index < -0.39 is 5.97 Å². The van der Waals surface area contributed by atoms with Gasteiger partial charge in [0, 0.05) is 57.6 Å². The van der Waals surface area contributed by atoms with Gasteiger partial charge in [-0.2, -0.15) is 5.10 Å². The van der Waals surface area contributed by atoms with Crippen molar-refractivity contribution in [2.24, 2.45) is 7.05 Å².